The molecule has 4 atom stereocenters. The van der Waals surface area contributed by atoms with Crippen LogP contribution >= 0.6 is 0 Å². The molecule has 0 amide bonds. The average molecular weight is 277 g/mol. The van der Waals surface area contributed by atoms with Crippen LogP contribution in [0.5, 0.6) is 0 Å². The van der Waals surface area contributed by atoms with Gasteiger partial charge >= 0.3 is 0 Å². The Kier molecular flexibility index (Phi) is 4.02. The van der Waals surface area contributed by atoms with Gasteiger partial charge in [-0.3, -0.25) is 9.80 Å². The quantitative estimate of drug-likeness (QED) is 0.834. The van der Waals surface area contributed by atoms with E-state index in [0.717, 1.165) is 24.0 Å². The number of rotatable bonds is 2. The highest BCUT2D eigenvalue weighted by atomic mass is 15.3. The van der Waals surface area contributed by atoms with Gasteiger partial charge in [-0.25, -0.2) is 0 Å². The van der Waals surface area contributed by atoms with Crippen LogP contribution in [-0.4, -0.2) is 60.6 Å². The molecule has 0 radical (unpaired) electrons. The van der Waals surface area contributed by atoms with Crippen molar-refractivity contribution in [1.29, 1.82) is 0 Å². The Morgan fingerprint density at radius 2 is 1.60 bits per heavy atom. The minimum atomic E-state index is 0.835. The van der Waals surface area contributed by atoms with Gasteiger partial charge < -0.3 is 5.32 Å². The molecular formula is C17H31N3. The molecule has 4 fully saturated rings. The second kappa shape index (κ2) is 5.94. The van der Waals surface area contributed by atoms with Crippen molar-refractivity contribution in [3.8, 4) is 0 Å². The van der Waals surface area contributed by atoms with Crippen LogP contribution in [0.1, 0.15) is 51.4 Å². The van der Waals surface area contributed by atoms with Crippen molar-refractivity contribution in [3.63, 3.8) is 0 Å². The maximum absolute atomic E-state index is 3.76. The highest BCUT2D eigenvalue weighted by Crippen LogP contribution is 2.34. The van der Waals surface area contributed by atoms with Crippen molar-refractivity contribution in [2.45, 2.75) is 69.5 Å². The number of fused-ring (bicyclic) bond motifs is 1. The molecule has 4 heterocycles. The van der Waals surface area contributed by atoms with E-state index >= 15 is 0 Å². The summed E-state index contributed by atoms with van der Waals surface area (Å²) in [6.45, 7) is 6.77. The van der Waals surface area contributed by atoms with Crippen LogP contribution in [0.25, 0.3) is 0 Å². The lowest BCUT2D eigenvalue weighted by molar-refractivity contribution is 0.0700. The van der Waals surface area contributed by atoms with Gasteiger partial charge in [-0.15, -0.1) is 0 Å². The van der Waals surface area contributed by atoms with Gasteiger partial charge in [-0.05, 0) is 70.5 Å². The molecule has 0 aliphatic carbocycles. The maximum Gasteiger partial charge on any atom is 0.0263 e. The van der Waals surface area contributed by atoms with E-state index in [1.165, 1.54) is 84.1 Å². The van der Waals surface area contributed by atoms with E-state index in [-0.39, 0.29) is 0 Å². The second-order valence-electron chi connectivity index (χ2n) is 7.56. The van der Waals surface area contributed by atoms with Crippen LogP contribution in [0.2, 0.25) is 0 Å². The van der Waals surface area contributed by atoms with Crippen LogP contribution in [0, 0.1) is 5.92 Å². The van der Waals surface area contributed by atoms with Crippen LogP contribution in [0.15, 0.2) is 0 Å². The maximum atomic E-state index is 3.76. The second-order valence-corrected chi connectivity index (χ2v) is 7.56. The van der Waals surface area contributed by atoms with Crippen LogP contribution in [-0.2, 0) is 0 Å². The molecule has 3 heteroatoms. The zero-order valence-corrected chi connectivity index (χ0v) is 12.9. The van der Waals surface area contributed by atoms with E-state index in [9.17, 15) is 0 Å². The summed E-state index contributed by atoms with van der Waals surface area (Å²) >= 11 is 0. The summed E-state index contributed by atoms with van der Waals surface area (Å²) < 4.78 is 0. The fourth-order valence-electron chi connectivity index (χ4n) is 5.43. The third-order valence-corrected chi connectivity index (χ3v) is 6.45. The average Bonchev–Trinajstić information content (AvgIpc) is 3.17. The smallest absolute Gasteiger partial charge is 0.0263 e. The van der Waals surface area contributed by atoms with E-state index < -0.39 is 0 Å². The van der Waals surface area contributed by atoms with Gasteiger partial charge in [-0.2, -0.15) is 0 Å². The van der Waals surface area contributed by atoms with Crippen molar-refractivity contribution < 1.29 is 0 Å². The molecule has 114 valence electrons. The molecule has 1 N–H and O–H groups in total. The molecule has 4 unspecified atom stereocenters. The first-order valence-corrected chi connectivity index (χ1v) is 9.13. The largest absolute Gasteiger partial charge is 0.314 e. The lowest BCUT2D eigenvalue weighted by atomic mass is 9.87. The molecule has 3 nitrogen and oxygen atoms in total. The predicted octanol–water partition coefficient (Wildman–Crippen LogP) is 2.08. The summed E-state index contributed by atoms with van der Waals surface area (Å²) in [6, 6.07) is 2.63. The van der Waals surface area contributed by atoms with Gasteiger partial charge in [-0.1, -0.05) is 6.42 Å². The van der Waals surface area contributed by atoms with E-state index in [1.54, 1.807) is 0 Å². The Balaban J connectivity index is 1.40. The van der Waals surface area contributed by atoms with Crippen LogP contribution < -0.4 is 5.32 Å². The molecule has 0 bridgehead atoms. The molecule has 20 heavy (non-hydrogen) atoms. The van der Waals surface area contributed by atoms with E-state index in [2.05, 4.69) is 15.1 Å². The van der Waals surface area contributed by atoms with E-state index in [0.29, 0.717) is 0 Å². The Morgan fingerprint density at radius 3 is 2.50 bits per heavy atom. The van der Waals surface area contributed by atoms with Crippen LogP contribution in [0.3, 0.4) is 0 Å². The Bertz CT molecular complexity index is 326. The zero-order valence-electron chi connectivity index (χ0n) is 12.9. The van der Waals surface area contributed by atoms with E-state index in [1.807, 2.05) is 0 Å². The third-order valence-electron chi connectivity index (χ3n) is 6.45. The number of piperidine rings is 2. The predicted molar refractivity (Wildman–Crippen MR) is 82.9 cm³/mol. The normalized spacial score (nSPS) is 43.8. The molecule has 0 saturated carbocycles. The lowest BCUT2D eigenvalue weighted by Gasteiger charge is -2.43. The fraction of sp³-hybridized carbons (Fsp3) is 1.00. The number of likely N-dealkylation sites (tertiary alicyclic amines) is 1. The summed E-state index contributed by atoms with van der Waals surface area (Å²) in [5.41, 5.74) is 0. The highest BCUT2D eigenvalue weighted by Gasteiger charge is 2.40. The van der Waals surface area contributed by atoms with Gasteiger partial charge in [0.1, 0.15) is 0 Å². The first kappa shape index (κ1) is 13.5. The summed E-state index contributed by atoms with van der Waals surface area (Å²) in [5, 5.41) is 3.76. The van der Waals surface area contributed by atoms with Crippen molar-refractivity contribution in [1.82, 2.24) is 15.1 Å². The molecular weight excluding hydrogens is 246 g/mol. The summed E-state index contributed by atoms with van der Waals surface area (Å²) in [5.74, 6) is 0.934. The molecule has 4 aliphatic heterocycles. The zero-order chi connectivity index (χ0) is 13.4. The van der Waals surface area contributed by atoms with Crippen LogP contribution in [0.4, 0.5) is 0 Å². The Hall–Kier alpha value is -0.120. The van der Waals surface area contributed by atoms with Gasteiger partial charge in [0.05, 0.1) is 0 Å². The molecule has 0 aromatic heterocycles. The first-order valence-electron chi connectivity index (χ1n) is 9.13. The fourth-order valence-corrected chi connectivity index (χ4v) is 5.43. The van der Waals surface area contributed by atoms with Crippen molar-refractivity contribution >= 4 is 0 Å². The standard InChI is InChI=1S/C17H31N3/c1-2-10-19-12-8-17(16(19)7-1)20-11-4-5-14(13-20)15-6-3-9-18-15/h14-18H,1-13H2. The van der Waals surface area contributed by atoms with Gasteiger partial charge in [0.15, 0.2) is 0 Å². The SMILES string of the molecule is C1CNC(C2CCCN(C3CCN4CCCCC34)C2)C1. The minimum Gasteiger partial charge on any atom is -0.314 e. The number of hydrogen-bond acceptors (Lipinski definition) is 3. The van der Waals surface area contributed by atoms with Gasteiger partial charge in [0, 0.05) is 31.2 Å². The van der Waals surface area contributed by atoms with Gasteiger partial charge in [0.25, 0.3) is 0 Å². The molecule has 0 spiro atoms. The van der Waals surface area contributed by atoms with Crippen molar-refractivity contribution in [2.24, 2.45) is 5.92 Å². The molecule has 4 aliphatic rings. The molecule has 0 aromatic carbocycles. The molecule has 4 rings (SSSR count). The summed E-state index contributed by atoms with van der Waals surface area (Å²) in [4.78, 5) is 5.69. The first-order chi connectivity index (χ1) is 9.92. The topological polar surface area (TPSA) is 18.5 Å². The Morgan fingerprint density at radius 1 is 0.700 bits per heavy atom. The summed E-state index contributed by atoms with van der Waals surface area (Å²) in [7, 11) is 0. The third kappa shape index (κ3) is 2.53. The summed E-state index contributed by atoms with van der Waals surface area (Å²) in [6.07, 6.45) is 11.6. The molecule has 0 aromatic rings. The van der Waals surface area contributed by atoms with Crippen molar-refractivity contribution in [3.05, 3.63) is 0 Å². The molecule has 4 saturated heterocycles. The van der Waals surface area contributed by atoms with Crippen molar-refractivity contribution in [2.75, 3.05) is 32.7 Å². The number of nitrogens with one attached hydrogen (secondary N) is 1. The minimum absolute atomic E-state index is 0.835. The van der Waals surface area contributed by atoms with Gasteiger partial charge in [0.2, 0.25) is 0 Å². The Labute approximate surface area is 124 Å². The monoisotopic (exact) mass is 277 g/mol. The number of hydrogen-bond donors (Lipinski definition) is 1. The lowest BCUT2D eigenvalue weighted by Crippen LogP contribution is -2.52. The van der Waals surface area contributed by atoms with E-state index in [4.69, 9.17) is 0 Å². The number of nitrogens with zero attached hydrogens (tertiary/aromatic N) is 2. The highest BCUT2D eigenvalue weighted by molar-refractivity contribution is 4.97.